The number of fused-ring (bicyclic) bond motifs is 1. The van der Waals surface area contributed by atoms with E-state index in [-0.39, 0.29) is 11.9 Å². The van der Waals surface area contributed by atoms with Gasteiger partial charge in [-0.15, -0.1) is 6.58 Å². The molecule has 3 aliphatic heterocycles. The Kier molecular flexibility index (Phi) is 3.18. The summed E-state index contributed by atoms with van der Waals surface area (Å²) >= 11 is 0. The molecule has 0 unspecified atom stereocenters. The predicted molar refractivity (Wildman–Crippen MR) is 88.6 cm³/mol. The normalized spacial score (nSPS) is 36.2. The van der Waals surface area contributed by atoms with Crippen LogP contribution in [0.3, 0.4) is 0 Å². The molecule has 1 aromatic carbocycles. The number of anilines is 1. The predicted octanol–water partition coefficient (Wildman–Crippen LogP) is 2.31. The van der Waals surface area contributed by atoms with Crippen LogP contribution < -0.4 is 4.90 Å². The van der Waals surface area contributed by atoms with Crippen LogP contribution in [0.15, 0.2) is 49.1 Å². The van der Waals surface area contributed by atoms with Gasteiger partial charge in [0.2, 0.25) is 5.91 Å². The zero-order valence-electron chi connectivity index (χ0n) is 13.4. The van der Waals surface area contributed by atoms with Crippen molar-refractivity contribution in [1.29, 1.82) is 0 Å². The third-order valence-electron chi connectivity index (χ3n) is 5.47. The molecular formula is C19H19NO4. The van der Waals surface area contributed by atoms with Crippen molar-refractivity contribution in [3.8, 4) is 0 Å². The van der Waals surface area contributed by atoms with E-state index >= 15 is 0 Å². The number of benzene rings is 1. The molecule has 2 saturated heterocycles. The smallest absolute Gasteiger partial charge is 0.310 e. The minimum atomic E-state index is -0.978. The summed E-state index contributed by atoms with van der Waals surface area (Å²) in [5.74, 6) is -2.66. The molecule has 4 rings (SSSR count). The molecule has 1 aromatic rings. The Morgan fingerprint density at radius 1 is 1.46 bits per heavy atom. The summed E-state index contributed by atoms with van der Waals surface area (Å²) in [7, 11) is 0. The standard InChI is InChI=1S/C19H19NO4/c1-3-6-14-19-10-9-13(24-19)15(18(22)23)16(19)17(21)20(14)12-8-5-4-7-11(12)2/h3-5,7-10,13-16H,1,6H2,2H3,(H,22,23)/t13-,14-,15+,16-,19+/m0/s1. The van der Waals surface area contributed by atoms with Gasteiger partial charge in [-0.05, 0) is 25.0 Å². The summed E-state index contributed by atoms with van der Waals surface area (Å²) in [6, 6.07) is 7.37. The van der Waals surface area contributed by atoms with E-state index in [9.17, 15) is 14.7 Å². The van der Waals surface area contributed by atoms with Crippen molar-refractivity contribution in [2.45, 2.75) is 31.1 Å². The van der Waals surface area contributed by atoms with Gasteiger partial charge < -0.3 is 14.7 Å². The van der Waals surface area contributed by atoms with Crippen LogP contribution in [-0.2, 0) is 14.3 Å². The topological polar surface area (TPSA) is 66.8 Å². The maximum absolute atomic E-state index is 13.2. The van der Waals surface area contributed by atoms with Crippen LogP contribution in [0.2, 0.25) is 0 Å². The molecule has 1 amide bonds. The molecule has 3 heterocycles. The summed E-state index contributed by atoms with van der Waals surface area (Å²) in [5.41, 5.74) is 0.908. The number of carbonyl (C=O) groups is 2. The van der Waals surface area contributed by atoms with Crippen molar-refractivity contribution in [1.82, 2.24) is 0 Å². The van der Waals surface area contributed by atoms with Crippen LogP contribution in [0.1, 0.15) is 12.0 Å². The van der Waals surface area contributed by atoms with E-state index in [1.807, 2.05) is 37.3 Å². The highest BCUT2D eigenvalue weighted by molar-refractivity contribution is 6.03. The number of amides is 1. The van der Waals surface area contributed by atoms with Gasteiger partial charge >= 0.3 is 5.97 Å². The Balaban J connectivity index is 1.87. The number of carboxylic acid groups (broad SMARTS) is 1. The van der Waals surface area contributed by atoms with E-state index in [2.05, 4.69) is 6.58 Å². The maximum Gasteiger partial charge on any atom is 0.310 e. The lowest BCUT2D eigenvalue weighted by atomic mass is 9.74. The van der Waals surface area contributed by atoms with Gasteiger partial charge in [-0.3, -0.25) is 9.59 Å². The highest BCUT2D eigenvalue weighted by atomic mass is 16.5. The molecule has 1 spiro atoms. The van der Waals surface area contributed by atoms with Gasteiger partial charge in [0.05, 0.1) is 18.1 Å². The first-order valence-corrected chi connectivity index (χ1v) is 8.11. The van der Waals surface area contributed by atoms with E-state index in [4.69, 9.17) is 4.74 Å². The van der Waals surface area contributed by atoms with Crippen LogP contribution >= 0.6 is 0 Å². The zero-order valence-corrected chi connectivity index (χ0v) is 13.4. The molecule has 3 aliphatic rings. The fraction of sp³-hybridized carbons (Fsp3) is 0.368. The summed E-state index contributed by atoms with van der Waals surface area (Å²) in [4.78, 5) is 26.7. The Morgan fingerprint density at radius 2 is 2.21 bits per heavy atom. The van der Waals surface area contributed by atoms with Gasteiger partial charge in [0, 0.05) is 5.69 Å². The average molecular weight is 325 g/mol. The second kappa shape index (κ2) is 5.05. The van der Waals surface area contributed by atoms with Gasteiger partial charge in [0.15, 0.2) is 0 Å². The van der Waals surface area contributed by atoms with Crippen LogP contribution in [0.25, 0.3) is 0 Å². The van der Waals surface area contributed by atoms with Gasteiger partial charge in [-0.25, -0.2) is 0 Å². The monoisotopic (exact) mass is 325 g/mol. The van der Waals surface area contributed by atoms with Gasteiger partial charge in [-0.1, -0.05) is 36.4 Å². The van der Waals surface area contributed by atoms with E-state index in [0.29, 0.717) is 6.42 Å². The molecule has 5 heteroatoms. The van der Waals surface area contributed by atoms with Gasteiger partial charge in [-0.2, -0.15) is 0 Å². The van der Waals surface area contributed by atoms with E-state index in [1.165, 1.54) is 0 Å². The molecular weight excluding hydrogens is 306 g/mol. The van der Waals surface area contributed by atoms with Crippen molar-refractivity contribution in [3.05, 3.63) is 54.6 Å². The summed E-state index contributed by atoms with van der Waals surface area (Å²) < 4.78 is 6.08. The molecule has 0 radical (unpaired) electrons. The molecule has 0 aliphatic carbocycles. The molecule has 24 heavy (non-hydrogen) atoms. The Morgan fingerprint density at radius 3 is 2.88 bits per heavy atom. The van der Waals surface area contributed by atoms with Crippen molar-refractivity contribution < 1.29 is 19.4 Å². The number of hydrogen-bond acceptors (Lipinski definition) is 3. The molecule has 0 aromatic heterocycles. The van der Waals surface area contributed by atoms with Crippen molar-refractivity contribution >= 4 is 17.6 Å². The lowest BCUT2D eigenvalue weighted by molar-refractivity contribution is -0.146. The van der Waals surface area contributed by atoms with E-state index in [1.54, 1.807) is 17.1 Å². The second-order valence-corrected chi connectivity index (χ2v) is 6.67. The lowest BCUT2D eigenvalue weighted by Crippen LogP contribution is -2.45. The minimum Gasteiger partial charge on any atom is -0.481 e. The number of rotatable bonds is 4. The van der Waals surface area contributed by atoms with E-state index in [0.717, 1.165) is 11.3 Å². The first-order chi connectivity index (χ1) is 11.5. The maximum atomic E-state index is 13.2. The molecule has 5 nitrogen and oxygen atoms in total. The van der Waals surface area contributed by atoms with Gasteiger partial charge in [0.1, 0.15) is 11.5 Å². The Hall–Kier alpha value is -2.40. The third kappa shape index (κ3) is 1.73. The van der Waals surface area contributed by atoms with Gasteiger partial charge in [0.25, 0.3) is 0 Å². The Bertz CT molecular complexity index is 770. The molecule has 5 atom stereocenters. The number of carbonyl (C=O) groups excluding carboxylic acids is 1. The fourth-order valence-corrected chi connectivity index (χ4v) is 4.50. The molecule has 1 N–H and O–H groups in total. The quantitative estimate of drug-likeness (QED) is 0.863. The lowest BCUT2D eigenvalue weighted by Gasteiger charge is -2.33. The SMILES string of the molecule is C=CC[C@@H]1N(c2ccccc2C)C(=O)[C@@H]2[C@H](C(=O)O)[C@@H]3C=C[C@]21O3. The number of para-hydroxylation sites is 1. The third-order valence-corrected chi connectivity index (χ3v) is 5.47. The first-order valence-electron chi connectivity index (χ1n) is 8.11. The average Bonchev–Trinajstić information content (AvgIpc) is 3.18. The highest BCUT2D eigenvalue weighted by Gasteiger charge is 2.71. The molecule has 0 saturated carbocycles. The second-order valence-electron chi connectivity index (χ2n) is 6.67. The van der Waals surface area contributed by atoms with Crippen LogP contribution in [0.5, 0.6) is 0 Å². The number of aliphatic carboxylic acids is 1. The number of carboxylic acids is 1. The number of hydrogen-bond donors (Lipinski definition) is 1. The summed E-state index contributed by atoms with van der Waals surface area (Å²) in [6.45, 7) is 5.76. The fourth-order valence-electron chi connectivity index (χ4n) is 4.50. The van der Waals surface area contributed by atoms with Crippen molar-refractivity contribution in [2.75, 3.05) is 4.90 Å². The van der Waals surface area contributed by atoms with E-state index < -0.39 is 29.5 Å². The summed E-state index contributed by atoms with van der Waals surface area (Å²) in [6.07, 6.45) is 5.47. The van der Waals surface area contributed by atoms with Crippen molar-refractivity contribution in [3.63, 3.8) is 0 Å². The van der Waals surface area contributed by atoms with Crippen molar-refractivity contribution in [2.24, 2.45) is 11.8 Å². The highest BCUT2D eigenvalue weighted by Crippen LogP contribution is 2.56. The van der Waals surface area contributed by atoms with Crippen LogP contribution in [0.4, 0.5) is 5.69 Å². The molecule has 2 bridgehead atoms. The zero-order chi connectivity index (χ0) is 17.1. The van der Waals surface area contributed by atoms with Crippen LogP contribution in [-0.4, -0.2) is 34.7 Å². The minimum absolute atomic E-state index is 0.171. The summed E-state index contributed by atoms with van der Waals surface area (Å²) in [5, 5.41) is 9.62. The molecule has 124 valence electrons. The number of aryl methyl sites for hydroxylation is 1. The van der Waals surface area contributed by atoms with Crippen LogP contribution in [0, 0.1) is 18.8 Å². The number of ether oxygens (including phenoxy) is 1. The number of nitrogens with zero attached hydrogens (tertiary/aromatic N) is 1. The first kappa shape index (κ1) is 15.1. The molecule has 2 fully saturated rings. The Labute approximate surface area is 140 Å². The largest absolute Gasteiger partial charge is 0.481 e.